The molecule has 19 heavy (non-hydrogen) atoms. The molecule has 0 bridgehead atoms. The second kappa shape index (κ2) is 5.65. The minimum atomic E-state index is -0.0849. The number of amides is 1. The predicted octanol–water partition coefficient (Wildman–Crippen LogP) is 3.20. The zero-order valence-electron chi connectivity index (χ0n) is 11.5. The van der Waals surface area contributed by atoms with E-state index in [4.69, 9.17) is 0 Å². The first-order valence-corrected chi connectivity index (χ1v) is 6.40. The summed E-state index contributed by atoms with van der Waals surface area (Å²) in [5, 5.41) is 2.85. The molecule has 1 aromatic carbocycles. The highest BCUT2D eigenvalue weighted by atomic mass is 16.1. The third-order valence-electron chi connectivity index (χ3n) is 2.76. The Hall–Kier alpha value is -2.16. The number of hydrogen-bond acceptors (Lipinski definition) is 2. The first-order valence-electron chi connectivity index (χ1n) is 6.40. The van der Waals surface area contributed by atoms with Gasteiger partial charge in [-0.15, -0.1) is 0 Å². The average molecular weight is 254 g/mol. The van der Waals surface area contributed by atoms with E-state index < -0.39 is 0 Å². The van der Waals surface area contributed by atoms with E-state index >= 15 is 0 Å². The van der Waals surface area contributed by atoms with Gasteiger partial charge in [0.2, 0.25) is 0 Å². The second-order valence-electron chi connectivity index (χ2n) is 4.93. The van der Waals surface area contributed by atoms with Gasteiger partial charge in [0.15, 0.2) is 0 Å². The average Bonchev–Trinajstić information content (AvgIpc) is 2.38. The molecule has 1 aromatic heterocycles. The molecule has 0 radical (unpaired) electrons. The van der Waals surface area contributed by atoms with Crippen molar-refractivity contribution < 1.29 is 4.79 Å². The molecule has 0 saturated carbocycles. The van der Waals surface area contributed by atoms with Gasteiger partial charge in [-0.1, -0.05) is 23.8 Å². The number of nitrogens with one attached hydrogen (secondary N) is 1. The molecule has 3 heteroatoms. The minimum Gasteiger partial charge on any atom is -0.350 e. The van der Waals surface area contributed by atoms with Crippen LogP contribution in [0.3, 0.4) is 0 Å². The van der Waals surface area contributed by atoms with Crippen LogP contribution in [-0.2, 0) is 0 Å². The Morgan fingerprint density at radius 3 is 2.58 bits per heavy atom. The Labute approximate surface area is 113 Å². The van der Waals surface area contributed by atoms with Crippen LogP contribution in [0.25, 0.3) is 11.3 Å². The van der Waals surface area contributed by atoms with Gasteiger partial charge in [-0.05, 0) is 39.0 Å². The van der Waals surface area contributed by atoms with Crippen LogP contribution in [0.2, 0.25) is 0 Å². The molecule has 1 amide bonds. The van der Waals surface area contributed by atoms with Crippen LogP contribution in [-0.4, -0.2) is 16.9 Å². The minimum absolute atomic E-state index is 0.0849. The smallest absolute Gasteiger partial charge is 0.253 e. The van der Waals surface area contributed by atoms with Crippen molar-refractivity contribution in [3.63, 3.8) is 0 Å². The SMILES string of the molecule is Cc1cccc(-c2ccc(C(=O)NC(C)C)cn2)c1. The fourth-order valence-electron chi connectivity index (χ4n) is 1.85. The van der Waals surface area contributed by atoms with Gasteiger partial charge in [-0.2, -0.15) is 0 Å². The fourth-order valence-corrected chi connectivity index (χ4v) is 1.85. The van der Waals surface area contributed by atoms with Crippen molar-refractivity contribution >= 4 is 5.91 Å². The van der Waals surface area contributed by atoms with Crippen LogP contribution >= 0.6 is 0 Å². The fraction of sp³-hybridized carbons (Fsp3) is 0.250. The number of aryl methyl sites for hydroxylation is 1. The number of carbonyl (C=O) groups excluding carboxylic acids is 1. The molecule has 0 aliphatic heterocycles. The Morgan fingerprint density at radius 2 is 2.00 bits per heavy atom. The molecule has 1 heterocycles. The lowest BCUT2D eigenvalue weighted by molar-refractivity contribution is 0.0943. The molecular formula is C16H18N2O. The Balaban J connectivity index is 2.21. The molecule has 0 unspecified atom stereocenters. The first-order chi connectivity index (χ1) is 9.06. The van der Waals surface area contributed by atoms with Gasteiger partial charge < -0.3 is 5.32 Å². The van der Waals surface area contributed by atoms with E-state index in [1.165, 1.54) is 5.56 Å². The second-order valence-corrected chi connectivity index (χ2v) is 4.93. The van der Waals surface area contributed by atoms with E-state index in [9.17, 15) is 4.79 Å². The van der Waals surface area contributed by atoms with Crippen LogP contribution in [0, 0.1) is 6.92 Å². The summed E-state index contributed by atoms with van der Waals surface area (Å²) in [6.07, 6.45) is 1.62. The summed E-state index contributed by atoms with van der Waals surface area (Å²) in [6, 6.07) is 12.0. The zero-order chi connectivity index (χ0) is 13.8. The Morgan fingerprint density at radius 1 is 1.21 bits per heavy atom. The summed E-state index contributed by atoms with van der Waals surface area (Å²) >= 11 is 0. The quantitative estimate of drug-likeness (QED) is 0.914. The molecule has 0 aliphatic rings. The van der Waals surface area contributed by atoms with Crippen LogP contribution in [0.5, 0.6) is 0 Å². The number of pyridine rings is 1. The molecule has 2 rings (SSSR count). The highest BCUT2D eigenvalue weighted by molar-refractivity contribution is 5.94. The van der Waals surface area contributed by atoms with E-state index in [0.717, 1.165) is 11.3 Å². The van der Waals surface area contributed by atoms with Gasteiger partial charge in [-0.3, -0.25) is 9.78 Å². The zero-order valence-corrected chi connectivity index (χ0v) is 11.5. The monoisotopic (exact) mass is 254 g/mol. The van der Waals surface area contributed by atoms with Crippen molar-refractivity contribution in [1.29, 1.82) is 0 Å². The number of hydrogen-bond donors (Lipinski definition) is 1. The van der Waals surface area contributed by atoms with Gasteiger partial charge in [0, 0.05) is 17.8 Å². The van der Waals surface area contributed by atoms with E-state index in [1.807, 2.05) is 51.1 Å². The topological polar surface area (TPSA) is 42.0 Å². The van der Waals surface area contributed by atoms with Crippen molar-refractivity contribution in [1.82, 2.24) is 10.3 Å². The molecule has 0 spiro atoms. The molecule has 2 aromatic rings. The molecule has 98 valence electrons. The van der Waals surface area contributed by atoms with Crippen LogP contribution in [0.1, 0.15) is 29.8 Å². The van der Waals surface area contributed by atoms with Crippen LogP contribution in [0.15, 0.2) is 42.6 Å². The molecular weight excluding hydrogens is 236 g/mol. The molecule has 0 fully saturated rings. The van der Waals surface area contributed by atoms with Gasteiger partial charge >= 0.3 is 0 Å². The first kappa shape index (κ1) is 13.3. The van der Waals surface area contributed by atoms with Crippen molar-refractivity contribution in [3.8, 4) is 11.3 Å². The maximum absolute atomic E-state index is 11.8. The molecule has 3 nitrogen and oxygen atoms in total. The number of benzene rings is 1. The van der Waals surface area contributed by atoms with Crippen LogP contribution in [0.4, 0.5) is 0 Å². The number of rotatable bonds is 3. The third-order valence-corrected chi connectivity index (χ3v) is 2.76. The number of aromatic nitrogens is 1. The summed E-state index contributed by atoms with van der Waals surface area (Å²) in [5.41, 5.74) is 3.73. The number of carbonyl (C=O) groups is 1. The summed E-state index contributed by atoms with van der Waals surface area (Å²) < 4.78 is 0. The summed E-state index contributed by atoms with van der Waals surface area (Å²) in [6.45, 7) is 5.92. The summed E-state index contributed by atoms with van der Waals surface area (Å²) in [5.74, 6) is -0.0849. The van der Waals surface area contributed by atoms with Crippen LogP contribution < -0.4 is 5.32 Å². The predicted molar refractivity (Wildman–Crippen MR) is 77.0 cm³/mol. The molecule has 0 saturated heterocycles. The van der Waals surface area contributed by atoms with E-state index in [1.54, 1.807) is 6.20 Å². The summed E-state index contributed by atoms with van der Waals surface area (Å²) in [4.78, 5) is 16.2. The molecule has 0 aliphatic carbocycles. The Bertz CT molecular complexity index is 574. The highest BCUT2D eigenvalue weighted by Crippen LogP contribution is 2.18. The van der Waals surface area contributed by atoms with Crippen molar-refractivity contribution in [3.05, 3.63) is 53.7 Å². The van der Waals surface area contributed by atoms with Crippen molar-refractivity contribution in [2.24, 2.45) is 0 Å². The van der Waals surface area contributed by atoms with E-state index in [0.29, 0.717) is 5.56 Å². The maximum atomic E-state index is 11.8. The van der Waals surface area contributed by atoms with Crippen molar-refractivity contribution in [2.75, 3.05) is 0 Å². The molecule has 1 N–H and O–H groups in total. The standard InChI is InChI=1S/C16H18N2O/c1-11(2)18-16(19)14-7-8-15(17-10-14)13-6-4-5-12(3)9-13/h4-11H,1-3H3,(H,18,19). The largest absolute Gasteiger partial charge is 0.350 e. The van der Waals surface area contributed by atoms with Gasteiger partial charge in [0.25, 0.3) is 5.91 Å². The normalized spacial score (nSPS) is 10.5. The third kappa shape index (κ3) is 3.41. The highest BCUT2D eigenvalue weighted by Gasteiger charge is 2.07. The number of nitrogens with zero attached hydrogens (tertiary/aromatic N) is 1. The van der Waals surface area contributed by atoms with E-state index in [2.05, 4.69) is 16.4 Å². The van der Waals surface area contributed by atoms with Gasteiger partial charge in [-0.25, -0.2) is 0 Å². The maximum Gasteiger partial charge on any atom is 0.253 e. The van der Waals surface area contributed by atoms with Gasteiger partial charge in [0.1, 0.15) is 0 Å². The lowest BCUT2D eigenvalue weighted by Gasteiger charge is -2.08. The van der Waals surface area contributed by atoms with E-state index in [-0.39, 0.29) is 11.9 Å². The Kier molecular flexibility index (Phi) is 3.95. The molecule has 0 atom stereocenters. The lowest BCUT2D eigenvalue weighted by atomic mass is 10.1. The van der Waals surface area contributed by atoms with Crippen molar-refractivity contribution in [2.45, 2.75) is 26.8 Å². The van der Waals surface area contributed by atoms with Gasteiger partial charge in [0.05, 0.1) is 11.3 Å². The lowest BCUT2D eigenvalue weighted by Crippen LogP contribution is -2.30. The summed E-state index contributed by atoms with van der Waals surface area (Å²) in [7, 11) is 0.